The summed E-state index contributed by atoms with van der Waals surface area (Å²) in [6.07, 6.45) is 1.36. The van der Waals surface area contributed by atoms with E-state index < -0.39 is 16.6 Å². The zero-order valence-electron chi connectivity index (χ0n) is 13.8. The number of benzene rings is 2. The van der Waals surface area contributed by atoms with Gasteiger partial charge in [-0.25, -0.2) is 9.78 Å². The van der Waals surface area contributed by atoms with Gasteiger partial charge in [-0.2, -0.15) is 0 Å². The van der Waals surface area contributed by atoms with E-state index in [1.807, 2.05) is 30.3 Å². The van der Waals surface area contributed by atoms with E-state index in [0.29, 0.717) is 11.6 Å². The molecule has 1 aliphatic rings. The van der Waals surface area contributed by atoms with Crippen molar-refractivity contribution in [3.63, 3.8) is 0 Å². The molecule has 0 fully saturated rings. The number of rotatable bonds is 5. The standard InChI is InChI=1S/C18H12N2O7/c21-18(13-6-15-16(27-10-26-15)7-14(13)20(22)23)25-9-12-8-24-17(19-12)11-4-2-1-3-5-11/h1-8H,9-10H2. The van der Waals surface area contributed by atoms with Gasteiger partial charge in [-0.05, 0) is 12.1 Å². The summed E-state index contributed by atoms with van der Waals surface area (Å²) in [7, 11) is 0. The molecule has 0 bridgehead atoms. The quantitative estimate of drug-likeness (QED) is 0.383. The predicted octanol–water partition coefficient (Wildman–Crippen LogP) is 3.34. The molecular formula is C18H12N2O7. The van der Waals surface area contributed by atoms with E-state index in [1.165, 1.54) is 12.3 Å². The lowest BCUT2D eigenvalue weighted by Crippen LogP contribution is -2.08. The van der Waals surface area contributed by atoms with Crippen LogP contribution in [-0.4, -0.2) is 22.7 Å². The molecule has 0 saturated heterocycles. The number of carbonyl (C=O) groups excluding carboxylic acids is 1. The fourth-order valence-corrected chi connectivity index (χ4v) is 2.55. The number of ether oxygens (including phenoxy) is 3. The SMILES string of the molecule is O=C(OCc1coc(-c2ccccc2)n1)c1cc2c(cc1[N+](=O)[O-])OCO2. The number of fused-ring (bicyclic) bond motifs is 1. The monoisotopic (exact) mass is 368 g/mol. The van der Waals surface area contributed by atoms with Gasteiger partial charge in [0.05, 0.1) is 11.0 Å². The van der Waals surface area contributed by atoms with Crippen LogP contribution in [0.15, 0.2) is 53.1 Å². The molecule has 3 aromatic rings. The summed E-state index contributed by atoms with van der Waals surface area (Å²) in [5.41, 5.74) is 0.512. The number of esters is 1. The molecule has 0 radical (unpaired) electrons. The lowest BCUT2D eigenvalue weighted by molar-refractivity contribution is -0.385. The van der Waals surface area contributed by atoms with Crippen LogP contribution in [0.3, 0.4) is 0 Å². The van der Waals surface area contributed by atoms with Gasteiger partial charge in [0, 0.05) is 11.6 Å². The highest BCUT2D eigenvalue weighted by Gasteiger charge is 2.28. The average Bonchev–Trinajstić information content (AvgIpc) is 3.34. The molecule has 0 aliphatic carbocycles. The number of carbonyl (C=O) groups is 1. The minimum Gasteiger partial charge on any atom is -0.455 e. The Balaban J connectivity index is 1.50. The molecule has 0 spiro atoms. The van der Waals surface area contributed by atoms with E-state index >= 15 is 0 Å². The van der Waals surface area contributed by atoms with Crippen molar-refractivity contribution in [2.24, 2.45) is 0 Å². The lowest BCUT2D eigenvalue weighted by atomic mass is 10.1. The number of nitro groups is 1. The van der Waals surface area contributed by atoms with Gasteiger partial charge < -0.3 is 18.6 Å². The largest absolute Gasteiger partial charge is 0.455 e. The van der Waals surface area contributed by atoms with Crippen LogP contribution in [0.1, 0.15) is 16.1 Å². The first kappa shape index (κ1) is 16.6. The first-order valence-electron chi connectivity index (χ1n) is 7.87. The van der Waals surface area contributed by atoms with E-state index in [4.69, 9.17) is 18.6 Å². The highest BCUT2D eigenvalue weighted by molar-refractivity contribution is 5.95. The molecular weight excluding hydrogens is 356 g/mol. The summed E-state index contributed by atoms with van der Waals surface area (Å²) in [6, 6.07) is 11.6. The summed E-state index contributed by atoms with van der Waals surface area (Å²) < 4.78 is 20.8. The predicted molar refractivity (Wildman–Crippen MR) is 90.3 cm³/mol. The molecule has 0 saturated carbocycles. The maximum atomic E-state index is 12.3. The normalized spacial score (nSPS) is 12.0. The number of hydrogen-bond acceptors (Lipinski definition) is 8. The van der Waals surface area contributed by atoms with Gasteiger partial charge in [-0.3, -0.25) is 10.1 Å². The van der Waals surface area contributed by atoms with Crippen molar-refractivity contribution in [2.75, 3.05) is 6.79 Å². The van der Waals surface area contributed by atoms with E-state index in [9.17, 15) is 14.9 Å². The molecule has 27 heavy (non-hydrogen) atoms. The summed E-state index contributed by atoms with van der Waals surface area (Å²) in [5, 5.41) is 11.2. The Hall–Kier alpha value is -3.88. The van der Waals surface area contributed by atoms with Crippen molar-refractivity contribution >= 4 is 11.7 Å². The van der Waals surface area contributed by atoms with E-state index in [2.05, 4.69) is 4.98 Å². The Morgan fingerprint density at radius 1 is 1.19 bits per heavy atom. The fraction of sp³-hybridized carbons (Fsp3) is 0.111. The highest BCUT2D eigenvalue weighted by Crippen LogP contribution is 2.38. The molecule has 9 nitrogen and oxygen atoms in total. The summed E-state index contributed by atoms with van der Waals surface area (Å²) in [5.74, 6) is -0.0254. The number of aromatic nitrogens is 1. The van der Waals surface area contributed by atoms with Gasteiger partial charge in [-0.1, -0.05) is 18.2 Å². The average molecular weight is 368 g/mol. The number of hydrogen-bond donors (Lipinski definition) is 0. The Labute approximate surface area is 152 Å². The first-order chi connectivity index (χ1) is 13.1. The van der Waals surface area contributed by atoms with Gasteiger partial charge >= 0.3 is 5.97 Å². The zero-order chi connectivity index (χ0) is 18.8. The van der Waals surface area contributed by atoms with Crippen LogP contribution in [0.5, 0.6) is 11.5 Å². The number of nitrogens with zero attached hydrogens (tertiary/aromatic N) is 2. The Bertz CT molecular complexity index is 1010. The van der Waals surface area contributed by atoms with Crippen molar-refractivity contribution in [3.05, 3.63) is 70.1 Å². The van der Waals surface area contributed by atoms with Gasteiger partial charge in [0.25, 0.3) is 5.69 Å². The Morgan fingerprint density at radius 3 is 2.67 bits per heavy atom. The third kappa shape index (κ3) is 3.30. The Kier molecular flexibility index (Phi) is 4.17. The molecule has 2 aromatic carbocycles. The van der Waals surface area contributed by atoms with Crippen LogP contribution in [0.4, 0.5) is 5.69 Å². The Morgan fingerprint density at radius 2 is 1.93 bits per heavy atom. The fourth-order valence-electron chi connectivity index (χ4n) is 2.55. The van der Waals surface area contributed by atoms with Crippen molar-refractivity contribution in [1.82, 2.24) is 4.98 Å². The van der Waals surface area contributed by atoms with Crippen LogP contribution in [0.25, 0.3) is 11.5 Å². The minimum atomic E-state index is -0.871. The molecule has 136 valence electrons. The maximum absolute atomic E-state index is 12.3. The van der Waals surface area contributed by atoms with E-state index in [0.717, 1.165) is 11.6 Å². The summed E-state index contributed by atoms with van der Waals surface area (Å²) in [6.45, 7) is -0.257. The van der Waals surface area contributed by atoms with Gasteiger partial charge in [0.1, 0.15) is 24.1 Å². The van der Waals surface area contributed by atoms with E-state index in [1.54, 1.807) is 0 Å². The van der Waals surface area contributed by atoms with Crippen molar-refractivity contribution in [2.45, 2.75) is 6.61 Å². The molecule has 0 unspecified atom stereocenters. The highest BCUT2D eigenvalue weighted by atomic mass is 16.7. The second kappa shape index (κ2) is 6.79. The topological polar surface area (TPSA) is 114 Å². The summed E-state index contributed by atoms with van der Waals surface area (Å²) in [4.78, 5) is 27.1. The third-order valence-electron chi connectivity index (χ3n) is 3.83. The zero-order valence-corrected chi connectivity index (χ0v) is 13.8. The molecule has 1 aromatic heterocycles. The molecule has 1 aliphatic heterocycles. The number of oxazole rings is 1. The minimum absolute atomic E-state index is 0.0633. The van der Waals surface area contributed by atoms with Crippen LogP contribution in [0.2, 0.25) is 0 Å². The summed E-state index contributed by atoms with van der Waals surface area (Å²) >= 11 is 0. The third-order valence-corrected chi connectivity index (χ3v) is 3.83. The molecule has 0 amide bonds. The molecule has 9 heteroatoms. The lowest BCUT2D eigenvalue weighted by Gasteiger charge is -2.05. The molecule has 0 N–H and O–H groups in total. The van der Waals surface area contributed by atoms with Crippen LogP contribution in [-0.2, 0) is 11.3 Å². The first-order valence-corrected chi connectivity index (χ1v) is 7.87. The molecule has 0 atom stereocenters. The second-order valence-corrected chi connectivity index (χ2v) is 5.57. The van der Waals surface area contributed by atoms with Crippen molar-refractivity contribution < 1.29 is 28.3 Å². The van der Waals surface area contributed by atoms with Gasteiger partial charge in [0.15, 0.2) is 11.5 Å². The smallest absolute Gasteiger partial charge is 0.345 e. The van der Waals surface area contributed by atoms with Crippen molar-refractivity contribution in [3.8, 4) is 23.0 Å². The number of nitro benzene ring substituents is 1. The van der Waals surface area contributed by atoms with E-state index in [-0.39, 0.29) is 30.5 Å². The van der Waals surface area contributed by atoms with Crippen LogP contribution in [0, 0.1) is 10.1 Å². The van der Waals surface area contributed by atoms with Crippen LogP contribution >= 0.6 is 0 Å². The maximum Gasteiger partial charge on any atom is 0.345 e. The second-order valence-electron chi connectivity index (χ2n) is 5.57. The molecule has 4 rings (SSSR count). The molecule has 2 heterocycles. The van der Waals surface area contributed by atoms with Gasteiger partial charge in [-0.15, -0.1) is 0 Å². The van der Waals surface area contributed by atoms with Crippen LogP contribution < -0.4 is 9.47 Å². The van der Waals surface area contributed by atoms with Crippen molar-refractivity contribution in [1.29, 1.82) is 0 Å². The van der Waals surface area contributed by atoms with Gasteiger partial charge in [0.2, 0.25) is 12.7 Å².